The second kappa shape index (κ2) is 11.0. The molecule has 2 amide bonds. The minimum Gasteiger partial charge on any atom is -0.340 e. The van der Waals surface area contributed by atoms with Crippen molar-refractivity contribution in [2.45, 2.75) is 43.7 Å². The fraction of sp³-hybridized carbons (Fsp3) is 0.231. The molecule has 0 fully saturated rings. The highest BCUT2D eigenvalue weighted by Crippen LogP contribution is 2.21. The third kappa shape index (κ3) is 7.43. The van der Waals surface area contributed by atoms with Crippen LogP contribution in [0.2, 0.25) is 0 Å². The molecule has 0 aliphatic heterocycles. The van der Waals surface area contributed by atoms with Crippen LogP contribution in [0.15, 0.2) is 77.7 Å². The van der Waals surface area contributed by atoms with E-state index in [2.05, 4.69) is 15.4 Å². The lowest BCUT2D eigenvalue weighted by Gasteiger charge is -2.21. The van der Waals surface area contributed by atoms with Crippen molar-refractivity contribution in [3.05, 3.63) is 95.6 Å². The molecule has 0 aliphatic rings. The first-order valence-corrected chi connectivity index (χ1v) is 12.6. The zero-order valence-electron chi connectivity index (χ0n) is 20.0. The Morgan fingerprint density at radius 3 is 2.14 bits per heavy atom. The molecule has 0 aromatic heterocycles. The quantitative estimate of drug-likeness (QED) is 0.422. The van der Waals surface area contributed by atoms with E-state index in [0.717, 1.165) is 29.8 Å². The first-order chi connectivity index (χ1) is 16.8. The molecule has 36 heavy (non-hydrogen) atoms. The molecule has 0 saturated carbocycles. The largest absolute Gasteiger partial charge is 0.340 e. The van der Waals surface area contributed by atoms with E-state index < -0.39 is 45.1 Å². The van der Waals surface area contributed by atoms with Crippen molar-refractivity contribution in [2.75, 3.05) is 5.32 Å². The van der Waals surface area contributed by atoms with Gasteiger partial charge in [0, 0.05) is 17.5 Å². The van der Waals surface area contributed by atoms with Crippen molar-refractivity contribution in [3.63, 3.8) is 0 Å². The Kier molecular flexibility index (Phi) is 8.21. The number of anilines is 1. The van der Waals surface area contributed by atoms with Gasteiger partial charge in [0.2, 0.25) is 15.9 Å². The number of hydrogen-bond donors (Lipinski definition) is 3. The summed E-state index contributed by atoms with van der Waals surface area (Å²) in [4.78, 5) is 25.5. The number of halogens is 2. The maximum Gasteiger partial charge on any atom is 0.251 e. The Hall–Kier alpha value is -3.63. The molecule has 3 aromatic carbocycles. The van der Waals surface area contributed by atoms with Crippen LogP contribution in [0, 0.1) is 11.6 Å². The summed E-state index contributed by atoms with van der Waals surface area (Å²) in [7, 11) is -3.98. The molecule has 0 saturated heterocycles. The smallest absolute Gasteiger partial charge is 0.251 e. The Morgan fingerprint density at radius 1 is 0.917 bits per heavy atom. The molecule has 10 heteroatoms. The predicted octanol–water partition coefficient (Wildman–Crippen LogP) is 4.02. The molecule has 190 valence electrons. The summed E-state index contributed by atoms with van der Waals surface area (Å²) in [6.07, 6.45) is 0.100. The van der Waals surface area contributed by atoms with Crippen LogP contribution < -0.4 is 15.4 Å². The van der Waals surface area contributed by atoms with Crippen molar-refractivity contribution >= 4 is 27.5 Å². The van der Waals surface area contributed by atoms with Crippen LogP contribution in [0.5, 0.6) is 0 Å². The number of carbonyl (C=O) groups excluding carboxylic acids is 2. The van der Waals surface area contributed by atoms with E-state index >= 15 is 0 Å². The third-order valence-corrected chi connectivity index (χ3v) is 6.72. The molecule has 7 nitrogen and oxygen atoms in total. The lowest BCUT2D eigenvalue weighted by atomic mass is 10.0. The van der Waals surface area contributed by atoms with Crippen LogP contribution in [0.1, 0.15) is 36.7 Å². The summed E-state index contributed by atoms with van der Waals surface area (Å²) in [5, 5.41) is 5.02. The fourth-order valence-electron chi connectivity index (χ4n) is 3.35. The molecule has 0 spiro atoms. The number of hydrogen-bond acceptors (Lipinski definition) is 4. The van der Waals surface area contributed by atoms with E-state index in [9.17, 15) is 26.8 Å². The standard InChI is InChI=1S/C26H27F2N3O4S/c1-26(2,3)31-36(34,35)20-13-14-22(21(28)16-20)29-25(33)23(15-17-7-5-4-6-8-17)30-24(32)18-9-11-19(27)12-10-18/h4-14,16,23,31H,15H2,1-3H3,(H,29,33)(H,30,32)/t23-/m0/s1. The molecule has 3 aromatic rings. The summed E-state index contributed by atoms with van der Waals surface area (Å²) in [6, 6.07) is 15.7. The van der Waals surface area contributed by atoms with Gasteiger partial charge in [-0.05, 0) is 68.8 Å². The molecule has 1 atom stereocenters. The fourth-order valence-corrected chi connectivity index (χ4v) is 4.78. The Balaban J connectivity index is 1.82. The predicted molar refractivity (Wildman–Crippen MR) is 133 cm³/mol. The Morgan fingerprint density at radius 2 is 1.56 bits per heavy atom. The summed E-state index contributed by atoms with van der Waals surface area (Å²) in [6.45, 7) is 4.97. The number of amides is 2. The van der Waals surface area contributed by atoms with Gasteiger partial charge in [-0.1, -0.05) is 30.3 Å². The van der Waals surface area contributed by atoms with E-state index in [1.807, 2.05) is 0 Å². The van der Waals surface area contributed by atoms with Crippen LogP contribution >= 0.6 is 0 Å². The van der Waals surface area contributed by atoms with Gasteiger partial charge in [0.05, 0.1) is 10.6 Å². The average molecular weight is 516 g/mol. The monoisotopic (exact) mass is 515 g/mol. The van der Waals surface area contributed by atoms with Crippen molar-refractivity contribution in [2.24, 2.45) is 0 Å². The summed E-state index contributed by atoms with van der Waals surface area (Å²) in [5.74, 6) is -2.79. The average Bonchev–Trinajstić information content (AvgIpc) is 2.79. The topological polar surface area (TPSA) is 104 Å². The van der Waals surface area contributed by atoms with Gasteiger partial charge >= 0.3 is 0 Å². The first-order valence-electron chi connectivity index (χ1n) is 11.1. The zero-order chi connectivity index (χ0) is 26.5. The summed E-state index contributed by atoms with van der Waals surface area (Å²) < 4.78 is 55.4. The molecule has 0 radical (unpaired) electrons. The van der Waals surface area contributed by atoms with Crippen LogP contribution in [0.3, 0.4) is 0 Å². The lowest BCUT2D eigenvalue weighted by Crippen LogP contribution is -2.45. The molecule has 0 aliphatic carbocycles. The zero-order valence-corrected chi connectivity index (χ0v) is 20.8. The summed E-state index contributed by atoms with van der Waals surface area (Å²) >= 11 is 0. The van der Waals surface area contributed by atoms with Crippen LogP contribution in [-0.4, -0.2) is 31.8 Å². The van der Waals surface area contributed by atoms with Gasteiger partial charge in [0.15, 0.2) is 0 Å². The van der Waals surface area contributed by atoms with Gasteiger partial charge in [-0.3, -0.25) is 9.59 Å². The highest BCUT2D eigenvalue weighted by molar-refractivity contribution is 7.89. The second-order valence-electron chi connectivity index (χ2n) is 9.21. The van der Waals surface area contributed by atoms with E-state index in [-0.39, 0.29) is 22.6 Å². The van der Waals surface area contributed by atoms with E-state index in [1.54, 1.807) is 51.1 Å². The highest BCUT2D eigenvalue weighted by Gasteiger charge is 2.25. The van der Waals surface area contributed by atoms with Gasteiger partial charge in [-0.2, -0.15) is 0 Å². The van der Waals surface area contributed by atoms with E-state index in [1.165, 1.54) is 18.2 Å². The van der Waals surface area contributed by atoms with E-state index in [0.29, 0.717) is 0 Å². The minimum absolute atomic E-state index is 0.100. The number of rotatable bonds is 8. The number of carbonyl (C=O) groups is 2. The lowest BCUT2D eigenvalue weighted by molar-refractivity contribution is -0.118. The molecule has 3 rings (SSSR count). The van der Waals surface area contributed by atoms with Crippen molar-refractivity contribution < 1.29 is 26.8 Å². The van der Waals surface area contributed by atoms with Gasteiger partial charge < -0.3 is 10.6 Å². The second-order valence-corrected chi connectivity index (χ2v) is 10.9. The summed E-state index contributed by atoms with van der Waals surface area (Å²) in [5.41, 5.74) is -0.124. The van der Waals surface area contributed by atoms with Gasteiger partial charge in [-0.25, -0.2) is 21.9 Å². The van der Waals surface area contributed by atoms with Gasteiger partial charge in [-0.15, -0.1) is 0 Å². The number of benzene rings is 3. The maximum absolute atomic E-state index is 14.8. The highest BCUT2D eigenvalue weighted by atomic mass is 32.2. The van der Waals surface area contributed by atoms with Crippen molar-refractivity contribution in [1.82, 2.24) is 10.0 Å². The van der Waals surface area contributed by atoms with Crippen molar-refractivity contribution in [3.8, 4) is 0 Å². The first kappa shape index (κ1) is 27.0. The van der Waals surface area contributed by atoms with E-state index in [4.69, 9.17) is 0 Å². The van der Waals surface area contributed by atoms with Crippen LogP contribution in [0.25, 0.3) is 0 Å². The van der Waals surface area contributed by atoms with Crippen LogP contribution in [-0.2, 0) is 21.2 Å². The molecule has 0 heterocycles. The molecule has 0 unspecified atom stereocenters. The number of sulfonamides is 1. The molecule has 0 bridgehead atoms. The molecular weight excluding hydrogens is 488 g/mol. The molecule has 3 N–H and O–H groups in total. The maximum atomic E-state index is 14.8. The van der Waals surface area contributed by atoms with Crippen LogP contribution in [0.4, 0.5) is 14.5 Å². The minimum atomic E-state index is -3.98. The molecular formula is C26H27F2N3O4S. The Bertz CT molecular complexity index is 1340. The normalized spacial score (nSPS) is 12.6. The SMILES string of the molecule is CC(C)(C)NS(=O)(=O)c1ccc(NC(=O)[C@H](Cc2ccccc2)NC(=O)c2ccc(F)cc2)c(F)c1. The van der Waals surface area contributed by atoms with Crippen molar-refractivity contribution in [1.29, 1.82) is 0 Å². The Labute approximate surface area is 209 Å². The van der Waals surface area contributed by atoms with Gasteiger partial charge in [0.25, 0.3) is 5.91 Å². The number of nitrogens with one attached hydrogen (secondary N) is 3. The van der Waals surface area contributed by atoms with Gasteiger partial charge in [0.1, 0.15) is 17.7 Å². The third-order valence-electron chi connectivity index (χ3n) is 4.96.